The van der Waals surface area contributed by atoms with E-state index in [1.807, 2.05) is 17.5 Å². The topological polar surface area (TPSA) is 88.0 Å². The summed E-state index contributed by atoms with van der Waals surface area (Å²) in [6.45, 7) is 8.19. The number of nitrogens with zero attached hydrogens (tertiary/aromatic N) is 1. The van der Waals surface area contributed by atoms with Gasteiger partial charge < -0.3 is 9.84 Å². The first-order valence-corrected chi connectivity index (χ1v) is 10.9. The largest absolute Gasteiger partial charge is 0.506 e. The number of thiophene rings is 1. The van der Waals surface area contributed by atoms with Gasteiger partial charge in [-0.05, 0) is 47.7 Å². The molecular weight excluding hydrogens is 424 g/mol. The van der Waals surface area contributed by atoms with Gasteiger partial charge >= 0.3 is 5.97 Å². The Balaban J connectivity index is 1.74. The molecule has 1 amide bonds. The van der Waals surface area contributed by atoms with Gasteiger partial charge in [0.25, 0.3) is 5.91 Å². The van der Waals surface area contributed by atoms with Crippen LogP contribution < -0.4 is 5.43 Å². The van der Waals surface area contributed by atoms with Gasteiger partial charge in [-0.15, -0.1) is 11.3 Å². The Labute approximate surface area is 191 Å². The lowest BCUT2D eigenvalue weighted by atomic mass is 9.86. The molecule has 0 aliphatic carbocycles. The predicted molar refractivity (Wildman–Crippen MR) is 128 cm³/mol. The Hall–Kier alpha value is -3.45. The van der Waals surface area contributed by atoms with Crippen LogP contribution in [-0.4, -0.2) is 29.8 Å². The molecule has 0 unspecified atom stereocenters. The predicted octanol–water partition coefficient (Wildman–Crippen LogP) is 5.36. The van der Waals surface area contributed by atoms with E-state index in [0.717, 1.165) is 10.4 Å². The number of ether oxygens (including phenoxy) is 1. The maximum atomic E-state index is 12.4. The molecule has 7 heteroatoms. The van der Waals surface area contributed by atoms with Crippen LogP contribution >= 0.6 is 11.3 Å². The molecule has 2 N–H and O–H groups in total. The molecule has 2 aromatic carbocycles. The van der Waals surface area contributed by atoms with Gasteiger partial charge in [0, 0.05) is 10.9 Å². The molecule has 0 bridgehead atoms. The van der Waals surface area contributed by atoms with E-state index in [4.69, 9.17) is 0 Å². The number of aromatic hydroxyl groups is 1. The molecule has 166 valence electrons. The Morgan fingerprint density at radius 3 is 2.16 bits per heavy atom. The highest BCUT2D eigenvalue weighted by atomic mass is 32.1. The number of carbonyl (C=O) groups excluding carboxylic acids is 2. The van der Waals surface area contributed by atoms with Gasteiger partial charge in [-0.2, -0.15) is 5.10 Å². The molecule has 0 saturated heterocycles. The lowest BCUT2D eigenvalue weighted by Gasteiger charge is -2.19. The van der Waals surface area contributed by atoms with Crippen molar-refractivity contribution in [1.82, 2.24) is 5.43 Å². The second kappa shape index (κ2) is 9.36. The molecule has 3 rings (SSSR count). The monoisotopic (exact) mass is 450 g/mol. The van der Waals surface area contributed by atoms with E-state index in [-0.39, 0.29) is 11.2 Å². The summed E-state index contributed by atoms with van der Waals surface area (Å²) in [6, 6.07) is 14.2. The minimum absolute atomic E-state index is 0.0578. The Morgan fingerprint density at radius 1 is 1.00 bits per heavy atom. The van der Waals surface area contributed by atoms with Crippen LogP contribution in [0.4, 0.5) is 0 Å². The number of hydrogen-bond acceptors (Lipinski definition) is 6. The second-order valence-corrected chi connectivity index (χ2v) is 9.24. The smallest absolute Gasteiger partial charge is 0.337 e. The summed E-state index contributed by atoms with van der Waals surface area (Å²) >= 11 is 1.42. The standard InChI is InChI=1S/C25H26N2O4S/c1-15(26-27-23(29)17-6-8-18(9-7-17)24(30)31-5)20-14-32-22(21(20)28)16-10-12-19(13-11-16)25(2,3)4/h6-14,28H,1-5H3,(H,27,29)/b26-15+. The Bertz CT molecular complexity index is 1150. The maximum absolute atomic E-state index is 12.4. The Morgan fingerprint density at radius 2 is 1.59 bits per heavy atom. The van der Waals surface area contributed by atoms with Gasteiger partial charge in [-0.1, -0.05) is 45.0 Å². The third kappa shape index (κ3) is 5.06. The van der Waals surface area contributed by atoms with E-state index in [1.54, 1.807) is 6.92 Å². The SMILES string of the molecule is COC(=O)c1ccc(C(=O)N/N=C(\C)c2csc(-c3ccc(C(C)(C)C)cc3)c2O)cc1. The average molecular weight is 451 g/mol. The number of esters is 1. The molecule has 32 heavy (non-hydrogen) atoms. The van der Waals surface area contributed by atoms with Crippen LogP contribution in [0, 0.1) is 0 Å². The Kier molecular flexibility index (Phi) is 6.79. The van der Waals surface area contributed by atoms with Crippen molar-refractivity contribution in [3.05, 3.63) is 76.2 Å². The summed E-state index contributed by atoms with van der Waals surface area (Å²) in [5.41, 5.74) is 6.44. The van der Waals surface area contributed by atoms with Gasteiger partial charge in [0.05, 0.1) is 28.8 Å². The van der Waals surface area contributed by atoms with E-state index >= 15 is 0 Å². The molecule has 0 saturated carbocycles. The summed E-state index contributed by atoms with van der Waals surface area (Å²) < 4.78 is 4.65. The first-order chi connectivity index (χ1) is 15.1. The molecule has 1 aromatic heterocycles. The van der Waals surface area contributed by atoms with Crippen molar-refractivity contribution < 1.29 is 19.4 Å². The highest BCUT2D eigenvalue weighted by molar-refractivity contribution is 7.14. The van der Waals surface area contributed by atoms with Crippen LogP contribution in [-0.2, 0) is 10.2 Å². The fourth-order valence-electron chi connectivity index (χ4n) is 3.07. The first kappa shape index (κ1) is 23.2. The van der Waals surface area contributed by atoms with Gasteiger partial charge in [0.2, 0.25) is 0 Å². The quantitative estimate of drug-likeness (QED) is 0.311. The molecule has 0 radical (unpaired) electrons. The summed E-state index contributed by atoms with van der Waals surface area (Å²) in [5.74, 6) is -0.757. The summed E-state index contributed by atoms with van der Waals surface area (Å²) in [5, 5.41) is 16.7. The second-order valence-electron chi connectivity index (χ2n) is 8.36. The van der Waals surface area contributed by atoms with Crippen molar-refractivity contribution in [3.8, 4) is 16.2 Å². The zero-order chi connectivity index (χ0) is 23.5. The minimum Gasteiger partial charge on any atom is -0.506 e. The van der Waals surface area contributed by atoms with Gasteiger partial charge in [-0.25, -0.2) is 10.2 Å². The van der Waals surface area contributed by atoms with Crippen LogP contribution in [0.3, 0.4) is 0 Å². The average Bonchev–Trinajstić information content (AvgIpc) is 3.17. The zero-order valence-corrected chi connectivity index (χ0v) is 19.5. The van der Waals surface area contributed by atoms with E-state index in [9.17, 15) is 14.7 Å². The molecular formula is C25H26N2O4S. The van der Waals surface area contributed by atoms with Crippen LogP contribution in [0.1, 0.15) is 59.5 Å². The fraction of sp³-hybridized carbons (Fsp3) is 0.240. The van der Waals surface area contributed by atoms with Crippen molar-refractivity contribution in [2.24, 2.45) is 5.10 Å². The van der Waals surface area contributed by atoms with Crippen LogP contribution in [0.15, 0.2) is 59.0 Å². The van der Waals surface area contributed by atoms with Crippen LogP contribution in [0.5, 0.6) is 5.75 Å². The molecule has 3 aromatic rings. The zero-order valence-electron chi connectivity index (χ0n) is 18.7. The summed E-state index contributed by atoms with van der Waals surface area (Å²) in [4.78, 5) is 24.6. The number of amides is 1. The van der Waals surface area contributed by atoms with E-state index in [1.165, 1.54) is 48.3 Å². The third-order valence-electron chi connectivity index (χ3n) is 5.06. The highest BCUT2D eigenvalue weighted by Gasteiger charge is 2.17. The maximum Gasteiger partial charge on any atom is 0.337 e. The number of nitrogens with one attached hydrogen (secondary N) is 1. The molecule has 0 aliphatic rings. The molecule has 0 spiro atoms. The van der Waals surface area contributed by atoms with E-state index in [0.29, 0.717) is 22.4 Å². The van der Waals surface area contributed by atoms with Crippen LogP contribution in [0.25, 0.3) is 10.4 Å². The van der Waals surface area contributed by atoms with Gasteiger partial charge in [-0.3, -0.25) is 4.79 Å². The fourth-order valence-corrected chi connectivity index (χ4v) is 4.08. The molecule has 1 heterocycles. The number of carbonyl (C=O) groups is 2. The van der Waals surface area contributed by atoms with Crippen molar-refractivity contribution in [3.63, 3.8) is 0 Å². The van der Waals surface area contributed by atoms with Gasteiger partial charge in [0.1, 0.15) is 5.75 Å². The van der Waals surface area contributed by atoms with Crippen LogP contribution in [0.2, 0.25) is 0 Å². The van der Waals surface area contributed by atoms with Crippen molar-refractivity contribution in [2.45, 2.75) is 33.1 Å². The normalized spacial score (nSPS) is 11.8. The number of hydrogen-bond donors (Lipinski definition) is 2. The first-order valence-electron chi connectivity index (χ1n) is 10.1. The highest BCUT2D eigenvalue weighted by Crippen LogP contribution is 2.39. The minimum atomic E-state index is -0.470. The van der Waals surface area contributed by atoms with Crippen molar-refractivity contribution in [1.29, 1.82) is 0 Å². The lowest BCUT2D eigenvalue weighted by Crippen LogP contribution is -2.19. The number of benzene rings is 2. The molecule has 0 fully saturated rings. The van der Waals surface area contributed by atoms with Crippen molar-refractivity contribution >= 4 is 28.9 Å². The molecule has 6 nitrogen and oxygen atoms in total. The molecule has 0 aliphatic heterocycles. The number of rotatable bonds is 5. The lowest BCUT2D eigenvalue weighted by molar-refractivity contribution is 0.0600. The van der Waals surface area contributed by atoms with Crippen molar-refractivity contribution in [2.75, 3.05) is 7.11 Å². The summed E-state index contributed by atoms with van der Waals surface area (Å²) in [6.07, 6.45) is 0. The number of hydrazone groups is 1. The van der Waals surface area contributed by atoms with E-state index in [2.05, 4.69) is 48.2 Å². The number of methoxy groups -OCH3 is 1. The van der Waals surface area contributed by atoms with Gasteiger partial charge in [0.15, 0.2) is 0 Å². The molecule has 0 atom stereocenters. The van der Waals surface area contributed by atoms with E-state index < -0.39 is 11.9 Å². The summed E-state index contributed by atoms with van der Waals surface area (Å²) in [7, 11) is 1.30. The third-order valence-corrected chi connectivity index (χ3v) is 6.08.